The molecule has 0 aliphatic rings. The van der Waals surface area contributed by atoms with E-state index in [0.29, 0.717) is 17.2 Å². The summed E-state index contributed by atoms with van der Waals surface area (Å²) in [6.07, 6.45) is 0. The fourth-order valence-electron chi connectivity index (χ4n) is 2.02. The molecule has 96 valence electrons. The van der Waals surface area contributed by atoms with E-state index in [9.17, 15) is 0 Å². The lowest BCUT2D eigenvalue weighted by Gasteiger charge is -2.12. The van der Waals surface area contributed by atoms with Crippen LogP contribution >= 0.6 is 11.6 Å². The topological polar surface area (TPSA) is 33.0 Å². The summed E-state index contributed by atoms with van der Waals surface area (Å²) in [6, 6.07) is 13.4. The van der Waals surface area contributed by atoms with E-state index in [1.165, 1.54) is 0 Å². The summed E-state index contributed by atoms with van der Waals surface area (Å²) in [5.74, 6) is 0.832. The molecule has 19 heavy (non-hydrogen) atoms. The summed E-state index contributed by atoms with van der Waals surface area (Å²) in [5.41, 5.74) is 3.62. The number of benzene rings is 2. The van der Waals surface area contributed by atoms with Gasteiger partial charge in [-0.15, -0.1) is 0 Å². The third-order valence-electron chi connectivity index (χ3n) is 2.86. The molecular formula is C16H14ClNO. The first kappa shape index (κ1) is 13.5. The molecule has 2 aromatic rings. The highest BCUT2D eigenvalue weighted by Crippen LogP contribution is 2.25. The van der Waals surface area contributed by atoms with Gasteiger partial charge < -0.3 is 4.74 Å². The molecule has 0 bridgehead atoms. The Bertz CT molecular complexity index is 620. The van der Waals surface area contributed by atoms with Gasteiger partial charge in [0.05, 0.1) is 11.6 Å². The zero-order chi connectivity index (χ0) is 13.8. The van der Waals surface area contributed by atoms with Crippen molar-refractivity contribution in [3.63, 3.8) is 0 Å². The summed E-state index contributed by atoms with van der Waals surface area (Å²) in [6.45, 7) is 4.36. The van der Waals surface area contributed by atoms with Crippen molar-refractivity contribution in [1.82, 2.24) is 0 Å². The average Bonchev–Trinajstić information content (AvgIpc) is 2.37. The molecule has 0 spiro atoms. The Morgan fingerprint density at radius 1 is 1.16 bits per heavy atom. The van der Waals surface area contributed by atoms with Crippen molar-refractivity contribution >= 4 is 11.6 Å². The molecule has 3 heteroatoms. The molecule has 0 unspecified atom stereocenters. The third-order valence-corrected chi connectivity index (χ3v) is 3.10. The van der Waals surface area contributed by atoms with Gasteiger partial charge in [-0.2, -0.15) is 5.26 Å². The second-order valence-corrected chi connectivity index (χ2v) is 4.91. The maximum Gasteiger partial charge on any atom is 0.125 e. The van der Waals surface area contributed by atoms with Gasteiger partial charge in [0.15, 0.2) is 0 Å². The number of hydrogen-bond donors (Lipinski definition) is 0. The van der Waals surface area contributed by atoms with E-state index in [4.69, 9.17) is 21.6 Å². The number of nitriles is 1. The van der Waals surface area contributed by atoms with Gasteiger partial charge in [-0.1, -0.05) is 23.7 Å². The summed E-state index contributed by atoms with van der Waals surface area (Å²) >= 11 is 5.94. The highest BCUT2D eigenvalue weighted by atomic mass is 35.5. The molecule has 0 saturated heterocycles. The minimum absolute atomic E-state index is 0.466. The van der Waals surface area contributed by atoms with E-state index in [-0.39, 0.29) is 0 Å². The van der Waals surface area contributed by atoms with Crippen molar-refractivity contribution in [2.75, 3.05) is 0 Å². The van der Waals surface area contributed by atoms with Crippen LogP contribution in [-0.2, 0) is 6.61 Å². The zero-order valence-corrected chi connectivity index (χ0v) is 11.7. The zero-order valence-electron chi connectivity index (χ0n) is 10.9. The maximum atomic E-state index is 8.91. The van der Waals surface area contributed by atoms with Gasteiger partial charge >= 0.3 is 0 Å². The maximum absolute atomic E-state index is 8.91. The first-order chi connectivity index (χ1) is 9.10. The van der Waals surface area contributed by atoms with E-state index in [1.807, 2.05) is 50.2 Å². The van der Waals surface area contributed by atoms with Crippen LogP contribution in [-0.4, -0.2) is 0 Å². The molecular weight excluding hydrogens is 258 g/mol. The van der Waals surface area contributed by atoms with Crippen LogP contribution in [0.1, 0.15) is 22.3 Å². The molecule has 0 radical (unpaired) electrons. The molecule has 0 amide bonds. The van der Waals surface area contributed by atoms with E-state index < -0.39 is 0 Å². The predicted molar refractivity (Wildman–Crippen MR) is 76.4 cm³/mol. The molecule has 0 fully saturated rings. The van der Waals surface area contributed by atoms with Gasteiger partial charge in [-0.25, -0.2) is 0 Å². The standard InChI is InChI=1S/C16H14ClNO/c1-11-6-14(9-18)7-12(2)16(11)19-10-13-4-3-5-15(17)8-13/h3-8H,10H2,1-2H3. The van der Waals surface area contributed by atoms with Gasteiger partial charge in [0.1, 0.15) is 12.4 Å². The van der Waals surface area contributed by atoms with Gasteiger partial charge in [-0.3, -0.25) is 0 Å². The largest absolute Gasteiger partial charge is 0.488 e. The van der Waals surface area contributed by atoms with E-state index in [0.717, 1.165) is 22.4 Å². The van der Waals surface area contributed by atoms with E-state index >= 15 is 0 Å². The molecule has 0 N–H and O–H groups in total. The lowest BCUT2D eigenvalue weighted by molar-refractivity contribution is 0.302. The number of ether oxygens (including phenoxy) is 1. The monoisotopic (exact) mass is 271 g/mol. The summed E-state index contributed by atoms with van der Waals surface area (Å²) in [4.78, 5) is 0. The SMILES string of the molecule is Cc1cc(C#N)cc(C)c1OCc1cccc(Cl)c1. The third kappa shape index (κ3) is 3.27. The first-order valence-electron chi connectivity index (χ1n) is 5.99. The molecule has 2 nitrogen and oxygen atoms in total. The number of hydrogen-bond acceptors (Lipinski definition) is 2. The number of nitrogens with zero attached hydrogens (tertiary/aromatic N) is 1. The molecule has 0 atom stereocenters. The van der Waals surface area contributed by atoms with Crippen LogP contribution in [0, 0.1) is 25.2 Å². The van der Waals surface area contributed by atoms with E-state index in [2.05, 4.69) is 6.07 Å². The van der Waals surface area contributed by atoms with Crippen molar-refractivity contribution < 1.29 is 4.74 Å². The smallest absolute Gasteiger partial charge is 0.125 e. The average molecular weight is 272 g/mol. The van der Waals surface area contributed by atoms with Crippen LogP contribution in [0.3, 0.4) is 0 Å². The minimum atomic E-state index is 0.466. The van der Waals surface area contributed by atoms with Crippen molar-refractivity contribution in [2.45, 2.75) is 20.5 Å². The Balaban J connectivity index is 2.18. The van der Waals surface area contributed by atoms with E-state index in [1.54, 1.807) is 0 Å². The lowest BCUT2D eigenvalue weighted by Crippen LogP contribution is -1.99. The van der Waals surface area contributed by atoms with Crippen LogP contribution in [0.4, 0.5) is 0 Å². The second-order valence-electron chi connectivity index (χ2n) is 4.47. The van der Waals surface area contributed by atoms with Crippen molar-refractivity contribution in [2.24, 2.45) is 0 Å². The summed E-state index contributed by atoms with van der Waals surface area (Å²) in [7, 11) is 0. The molecule has 0 aromatic heterocycles. The molecule has 2 aromatic carbocycles. The van der Waals surface area contributed by atoms with Crippen molar-refractivity contribution in [1.29, 1.82) is 5.26 Å². The molecule has 0 aliphatic carbocycles. The lowest BCUT2D eigenvalue weighted by atomic mass is 10.1. The Hall–Kier alpha value is -1.98. The van der Waals surface area contributed by atoms with Gasteiger partial charge in [0, 0.05) is 5.02 Å². The summed E-state index contributed by atoms with van der Waals surface area (Å²) < 4.78 is 5.84. The van der Waals surface area contributed by atoms with Crippen LogP contribution in [0.2, 0.25) is 5.02 Å². The Morgan fingerprint density at radius 2 is 1.84 bits per heavy atom. The van der Waals surface area contributed by atoms with Gasteiger partial charge in [0.25, 0.3) is 0 Å². The molecule has 0 heterocycles. The van der Waals surface area contributed by atoms with Crippen molar-refractivity contribution in [3.8, 4) is 11.8 Å². The normalized spacial score (nSPS) is 10.0. The number of halogens is 1. The van der Waals surface area contributed by atoms with Crippen LogP contribution < -0.4 is 4.74 Å². The Morgan fingerprint density at radius 3 is 2.42 bits per heavy atom. The first-order valence-corrected chi connectivity index (χ1v) is 6.36. The van der Waals surface area contributed by atoms with Crippen LogP contribution in [0.5, 0.6) is 5.75 Å². The van der Waals surface area contributed by atoms with Gasteiger partial charge in [-0.05, 0) is 54.8 Å². The fraction of sp³-hybridized carbons (Fsp3) is 0.188. The molecule has 0 aliphatic heterocycles. The highest BCUT2D eigenvalue weighted by Gasteiger charge is 2.07. The van der Waals surface area contributed by atoms with Crippen molar-refractivity contribution in [3.05, 3.63) is 63.7 Å². The van der Waals surface area contributed by atoms with Crippen LogP contribution in [0.15, 0.2) is 36.4 Å². The summed E-state index contributed by atoms with van der Waals surface area (Å²) in [5, 5.41) is 9.61. The number of rotatable bonds is 3. The Labute approximate surface area is 118 Å². The Kier molecular flexibility index (Phi) is 4.09. The second kappa shape index (κ2) is 5.77. The number of aryl methyl sites for hydroxylation is 2. The highest BCUT2D eigenvalue weighted by molar-refractivity contribution is 6.30. The predicted octanol–water partition coefficient (Wildman–Crippen LogP) is 4.41. The molecule has 2 rings (SSSR count). The van der Waals surface area contributed by atoms with Gasteiger partial charge in [0.2, 0.25) is 0 Å². The quantitative estimate of drug-likeness (QED) is 0.828. The molecule has 0 saturated carbocycles. The van der Waals surface area contributed by atoms with Crippen LogP contribution in [0.25, 0.3) is 0 Å². The minimum Gasteiger partial charge on any atom is -0.488 e. The fourth-order valence-corrected chi connectivity index (χ4v) is 2.24.